The maximum Gasteiger partial charge on any atom is 0.408 e. The number of hydrogen-bond acceptors (Lipinski definition) is 5. The fourth-order valence-electron chi connectivity index (χ4n) is 2.49. The van der Waals surface area contributed by atoms with Gasteiger partial charge in [0.05, 0.1) is 6.61 Å². The smallest absolute Gasteiger partial charge is 0.408 e. The van der Waals surface area contributed by atoms with Crippen LogP contribution in [-0.4, -0.2) is 42.9 Å². The largest absolute Gasteiger partial charge is 0.450 e. The number of amides is 3. The maximum absolute atomic E-state index is 12.4. The van der Waals surface area contributed by atoms with Gasteiger partial charge in [0.1, 0.15) is 6.04 Å². The molecule has 0 saturated carbocycles. The zero-order valence-corrected chi connectivity index (χ0v) is 16.7. The third kappa shape index (κ3) is 9.05. The van der Waals surface area contributed by atoms with Crippen molar-refractivity contribution in [3.63, 3.8) is 0 Å². The van der Waals surface area contributed by atoms with E-state index in [1.165, 1.54) is 0 Å². The van der Waals surface area contributed by atoms with Gasteiger partial charge >= 0.3 is 6.09 Å². The van der Waals surface area contributed by atoms with Gasteiger partial charge in [-0.05, 0) is 18.4 Å². The molecule has 0 spiro atoms. The lowest BCUT2D eigenvalue weighted by Crippen LogP contribution is -2.50. The van der Waals surface area contributed by atoms with Crippen molar-refractivity contribution in [3.05, 3.63) is 48.0 Å². The highest BCUT2D eigenvalue weighted by atomic mass is 16.5. The summed E-state index contributed by atoms with van der Waals surface area (Å²) in [5.41, 5.74) is 5.76. The standard InChI is InChI=1S/C21H29N3O5/c1-3-4-5-9-14-29-21(28)24-17(15(2)19(22)26)18(25)20(27)23-13-12-16-10-7-6-8-11-16/h6-8,10-11,17H,2-5,9,12-14H2,1H3,(H2,22,26)(H,23,27)(H,24,28)/t17-/m1/s1. The molecule has 0 fully saturated rings. The fraction of sp³-hybridized carbons (Fsp3) is 0.429. The second-order valence-corrected chi connectivity index (χ2v) is 6.52. The van der Waals surface area contributed by atoms with Crippen molar-refractivity contribution >= 4 is 23.7 Å². The van der Waals surface area contributed by atoms with Crippen molar-refractivity contribution in [2.24, 2.45) is 5.73 Å². The first-order chi connectivity index (χ1) is 13.9. The first-order valence-corrected chi connectivity index (χ1v) is 9.64. The number of nitrogens with two attached hydrogens (primary N) is 1. The minimum Gasteiger partial charge on any atom is -0.450 e. The number of rotatable bonds is 13. The van der Waals surface area contributed by atoms with Gasteiger partial charge in [-0.3, -0.25) is 14.4 Å². The third-order valence-electron chi connectivity index (χ3n) is 4.19. The molecular weight excluding hydrogens is 374 g/mol. The number of hydrogen-bond donors (Lipinski definition) is 3. The molecule has 8 nitrogen and oxygen atoms in total. The van der Waals surface area contributed by atoms with Gasteiger partial charge in [-0.15, -0.1) is 0 Å². The predicted octanol–water partition coefficient (Wildman–Crippen LogP) is 1.63. The molecule has 0 aliphatic rings. The Bertz CT molecular complexity index is 718. The van der Waals surface area contributed by atoms with Crippen molar-refractivity contribution in [2.45, 2.75) is 45.1 Å². The van der Waals surface area contributed by atoms with Crippen molar-refractivity contribution in [1.82, 2.24) is 10.6 Å². The van der Waals surface area contributed by atoms with E-state index in [9.17, 15) is 19.2 Å². The van der Waals surface area contributed by atoms with Crippen molar-refractivity contribution < 1.29 is 23.9 Å². The summed E-state index contributed by atoms with van der Waals surface area (Å²) in [5, 5.41) is 4.68. The lowest BCUT2D eigenvalue weighted by atomic mass is 10.0. The molecular formula is C21H29N3O5. The highest BCUT2D eigenvalue weighted by Crippen LogP contribution is 2.04. The lowest BCUT2D eigenvalue weighted by Gasteiger charge is -2.17. The minimum absolute atomic E-state index is 0.166. The Kier molecular flexibility index (Phi) is 10.8. The molecule has 0 unspecified atom stereocenters. The van der Waals surface area contributed by atoms with Gasteiger partial charge in [0.25, 0.3) is 5.91 Å². The lowest BCUT2D eigenvalue weighted by molar-refractivity contribution is -0.138. The summed E-state index contributed by atoms with van der Waals surface area (Å²) in [5.74, 6) is -2.98. The molecule has 158 valence electrons. The number of alkyl carbamates (subject to hydrolysis) is 1. The van der Waals surface area contributed by atoms with Crippen LogP contribution in [0, 0.1) is 0 Å². The van der Waals surface area contributed by atoms with Crippen LogP contribution in [0.25, 0.3) is 0 Å². The van der Waals surface area contributed by atoms with Gasteiger partial charge in [-0.1, -0.05) is 63.1 Å². The van der Waals surface area contributed by atoms with Crippen LogP contribution >= 0.6 is 0 Å². The minimum atomic E-state index is -1.58. The number of nitrogens with one attached hydrogen (secondary N) is 2. The monoisotopic (exact) mass is 403 g/mol. The number of carbonyl (C=O) groups excluding carboxylic acids is 4. The van der Waals surface area contributed by atoms with Crippen LogP contribution in [0.1, 0.15) is 38.2 Å². The highest BCUT2D eigenvalue weighted by Gasteiger charge is 2.31. The van der Waals surface area contributed by atoms with Gasteiger partial charge in [0, 0.05) is 12.1 Å². The van der Waals surface area contributed by atoms with Crippen LogP contribution in [0.15, 0.2) is 42.5 Å². The molecule has 0 aliphatic heterocycles. The summed E-state index contributed by atoms with van der Waals surface area (Å²) in [6, 6.07) is 7.82. The molecule has 0 radical (unpaired) electrons. The Morgan fingerprint density at radius 1 is 1.10 bits per heavy atom. The van der Waals surface area contributed by atoms with Gasteiger partial charge in [0.15, 0.2) is 0 Å². The Balaban J connectivity index is 2.59. The second-order valence-electron chi connectivity index (χ2n) is 6.52. The van der Waals surface area contributed by atoms with E-state index in [0.29, 0.717) is 12.8 Å². The van der Waals surface area contributed by atoms with Crippen LogP contribution in [0.5, 0.6) is 0 Å². The third-order valence-corrected chi connectivity index (χ3v) is 4.19. The molecule has 1 atom stereocenters. The number of ketones is 1. The Labute approximate surface area is 170 Å². The molecule has 8 heteroatoms. The van der Waals surface area contributed by atoms with E-state index in [2.05, 4.69) is 24.1 Å². The number of ether oxygens (including phenoxy) is 1. The maximum atomic E-state index is 12.4. The molecule has 1 aromatic carbocycles. The molecule has 1 aromatic rings. The van der Waals surface area contributed by atoms with E-state index < -0.39 is 35.3 Å². The first kappa shape index (κ1) is 23.9. The molecule has 0 bridgehead atoms. The summed E-state index contributed by atoms with van der Waals surface area (Å²) in [4.78, 5) is 48.0. The van der Waals surface area contributed by atoms with Crippen LogP contribution in [-0.2, 0) is 25.5 Å². The average molecular weight is 403 g/mol. The number of Topliss-reactive ketones (excluding diaryl/α,β-unsaturated/α-hetero) is 1. The number of benzene rings is 1. The molecule has 0 saturated heterocycles. The molecule has 1 rings (SSSR count). The van der Waals surface area contributed by atoms with Crippen molar-refractivity contribution in [1.29, 1.82) is 0 Å². The quantitative estimate of drug-likeness (QED) is 0.262. The Morgan fingerprint density at radius 2 is 1.79 bits per heavy atom. The summed E-state index contributed by atoms with van der Waals surface area (Å²) >= 11 is 0. The average Bonchev–Trinajstić information content (AvgIpc) is 2.71. The summed E-state index contributed by atoms with van der Waals surface area (Å²) < 4.78 is 4.99. The van der Waals surface area contributed by atoms with Crippen LogP contribution in [0.4, 0.5) is 4.79 Å². The topological polar surface area (TPSA) is 128 Å². The SMILES string of the molecule is C=C(C(N)=O)[C@@H](NC(=O)OCCCCCC)C(=O)C(=O)NCCc1ccccc1. The predicted molar refractivity (Wildman–Crippen MR) is 109 cm³/mol. The van der Waals surface area contributed by atoms with E-state index in [1.807, 2.05) is 30.3 Å². The molecule has 0 aromatic heterocycles. The van der Waals surface area contributed by atoms with Crippen LogP contribution in [0.3, 0.4) is 0 Å². The fourth-order valence-corrected chi connectivity index (χ4v) is 2.49. The zero-order valence-electron chi connectivity index (χ0n) is 16.7. The summed E-state index contributed by atoms with van der Waals surface area (Å²) in [6.45, 7) is 5.85. The first-order valence-electron chi connectivity index (χ1n) is 9.64. The van der Waals surface area contributed by atoms with Crippen LogP contribution < -0.4 is 16.4 Å². The number of carbonyl (C=O) groups is 4. The number of primary amides is 1. The normalized spacial score (nSPS) is 11.2. The molecule has 0 aliphatic carbocycles. The second kappa shape index (κ2) is 13.1. The Hall–Kier alpha value is -3.16. The zero-order chi connectivity index (χ0) is 21.6. The molecule has 3 amide bonds. The van der Waals surface area contributed by atoms with Gasteiger partial charge < -0.3 is 21.1 Å². The molecule has 0 heterocycles. The van der Waals surface area contributed by atoms with E-state index in [4.69, 9.17) is 10.5 Å². The van der Waals surface area contributed by atoms with Crippen molar-refractivity contribution in [2.75, 3.05) is 13.2 Å². The summed E-state index contributed by atoms with van der Waals surface area (Å²) in [7, 11) is 0. The van der Waals surface area contributed by atoms with E-state index in [0.717, 1.165) is 24.8 Å². The van der Waals surface area contributed by atoms with Crippen molar-refractivity contribution in [3.8, 4) is 0 Å². The van der Waals surface area contributed by atoms with Gasteiger partial charge in [0.2, 0.25) is 11.7 Å². The van der Waals surface area contributed by atoms with Crippen LogP contribution in [0.2, 0.25) is 0 Å². The van der Waals surface area contributed by atoms with E-state index in [-0.39, 0.29) is 13.2 Å². The van der Waals surface area contributed by atoms with Gasteiger partial charge in [-0.2, -0.15) is 0 Å². The molecule has 4 N–H and O–H groups in total. The molecule has 29 heavy (non-hydrogen) atoms. The highest BCUT2D eigenvalue weighted by molar-refractivity contribution is 6.40. The van der Waals surface area contributed by atoms with E-state index in [1.54, 1.807) is 0 Å². The summed E-state index contributed by atoms with van der Waals surface area (Å²) in [6.07, 6.45) is 3.25. The number of unbranched alkanes of at least 4 members (excludes halogenated alkanes) is 3. The Morgan fingerprint density at radius 3 is 2.41 bits per heavy atom. The van der Waals surface area contributed by atoms with E-state index >= 15 is 0 Å². The van der Waals surface area contributed by atoms with Gasteiger partial charge in [-0.25, -0.2) is 4.79 Å².